The van der Waals surface area contributed by atoms with E-state index in [-0.39, 0.29) is 34.5 Å². The molecule has 2 fully saturated rings. The molecule has 8 heteroatoms. The van der Waals surface area contributed by atoms with Crippen LogP contribution in [0.3, 0.4) is 0 Å². The van der Waals surface area contributed by atoms with Gasteiger partial charge in [0.15, 0.2) is 5.65 Å². The predicted molar refractivity (Wildman–Crippen MR) is 119 cm³/mol. The smallest absolute Gasteiger partial charge is 0.261 e. The number of fused-ring (bicyclic) bond motifs is 1. The van der Waals surface area contributed by atoms with Crippen molar-refractivity contribution in [2.24, 2.45) is 5.92 Å². The molecule has 2 aliphatic heterocycles. The minimum atomic E-state index is -0.735. The highest BCUT2D eigenvalue weighted by molar-refractivity contribution is 5.74. The van der Waals surface area contributed by atoms with Crippen molar-refractivity contribution in [1.82, 2.24) is 14.4 Å². The van der Waals surface area contributed by atoms with Crippen molar-refractivity contribution < 1.29 is 18.3 Å². The van der Waals surface area contributed by atoms with E-state index < -0.39 is 11.6 Å². The topological polar surface area (TPSA) is 65.7 Å². The molecule has 0 bridgehead atoms. The molecule has 6 nitrogen and oxygen atoms in total. The SMILES string of the molecule is Cc1nc2c(-c3ccc(F)cc3F)nc(C3CCOC(C4CCOCC4)C3)cn2c(=O)c1C. The first-order valence-corrected chi connectivity index (χ1v) is 11.5. The summed E-state index contributed by atoms with van der Waals surface area (Å²) in [7, 11) is 0. The normalized spacial score (nSPS) is 22.1. The van der Waals surface area contributed by atoms with Crippen LogP contribution in [-0.4, -0.2) is 40.3 Å². The molecule has 33 heavy (non-hydrogen) atoms. The minimum absolute atomic E-state index is 0.0618. The lowest BCUT2D eigenvalue weighted by Gasteiger charge is -2.36. The largest absolute Gasteiger partial charge is 0.381 e. The van der Waals surface area contributed by atoms with Crippen LogP contribution in [0.4, 0.5) is 8.78 Å². The molecule has 174 valence electrons. The third-order valence-corrected chi connectivity index (χ3v) is 7.01. The maximum Gasteiger partial charge on any atom is 0.261 e. The van der Waals surface area contributed by atoms with Gasteiger partial charge in [-0.2, -0.15) is 0 Å². The lowest BCUT2D eigenvalue weighted by atomic mass is 9.83. The summed E-state index contributed by atoms with van der Waals surface area (Å²) in [6, 6.07) is 3.37. The molecule has 4 heterocycles. The molecular weight excluding hydrogens is 428 g/mol. The molecule has 0 aliphatic carbocycles. The summed E-state index contributed by atoms with van der Waals surface area (Å²) < 4.78 is 41.4. The highest BCUT2D eigenvalue weighted by atomic mass is 19.1. The second-order valence-electron chi connectivity index (χ2n) is 9.04. The van der Waals surface area contributed by atoms with Gasteiger partial charge >= 0.3 is 0 Å². The Balaban J connectivity index is 1.63. The number of benzene rings is 1. The summed E-state index contributed by atoms with van der Waals surface area (Å²) in [6.07, 6.45) is 5.31. The summed E-state index contributed by atoms with van der Waals surface area (Å²) in [5, 5.41) is 0. The zero-order valence-electron chi connectivity index (χ0n) is 18.8. The van der Waals surface area contributed by atoms with Crippen LogP contribution in [0, 0.1) is 31.4 Å². The monoisotopic (exact) mass is 455 g/mol. The van der Waals surface area contributed by atoms with Crippen molar-refractivity contribution in [3.63, 3.8) is 0 Å². The van der Waals surface area contributed by atoms with Gasteiger partial charge in [-0.3, -0.25) is 9.20 Å². The third kappa shape index (κ3) is 4.17. The number of nitrogens with zero attached hydrogens (tertiary/aromatic N) is 3. The van der Waals surface area contributed by atoms with E-state index in [1.165, 1.54) is 16.5 Å². The van der Waals surface area contributed by atoms with Crippen LogP contribution < -0.4 is 5.56 Å². The first-order valence-electron chi connectivity index (χ1n) is 11.5. The van der Waals surface area contributed by atoms with Gasteiger partial charge in [0, 0.05) is 54.8 Å². The molecule has 3 aromatic rings. The van der Waals surface area contributed by atoms with Gasteiger partial charge < -0.3 is 9.47 Å². The van der Waals surface area contributed by atoms with Crippen LogP contribution in [0.15, 0.2) is 29.2 Å². The number of aromatic nitrogens is 3. The Morgan fingerprint density at radius 3 is 2.61 bits per heavy atom. The van der Waals surface area contributed by atoms with Crippen molar-refractivity contribution in [2.45, 2.75) is 51.6 Å². The van der Waals surface area contributed by atoms with Gasteiger partial charge in [0.2, 0.25) is 0 Å². The fraction of sp³-hybridized carbons (Fsp3) is 0.480. The standard InChI is InChI=1S/C25H27F2N3O3/c1-14-15(2)28-24-23(19-4-3-18(26)12-20(19)27)29-21(13-30(24)25(14)31)17-7-10-33-22(11-17)16-5-8-32-9-6-16/h3-4,12-13,16-17,22H,5-11H2,1-2H3. The van der Waals surface area contributed by atoms with Gasteiger partial charge in [-0.05, 0) is 57.6 Å². The Labute approximate surface area is 190 Å². The van der Waals surface area contributed by atoms with E-state index in [4.69, 9.17) is 14.5 Å². The fourth-order valence-electron chi connectivity index (χ4n) is 4.93. The first-order chi connectivity index (χ1) is 15.9. The molecule has 1 aromatic carbocycles. The molecule has 2 unspecified atom stereocenters. The molecule has 2 aromatic heterocycles. The van der Waals surface area contributed by atoms with E-state index in [9.17, 15) is 13.6 Å². The lowest BCUT2D eigenvalue weighted by molar-refractivity contribution is -0.0616. The Morgan fingerprint density at radius 2 is 1.85 bits per heavy atom. The Hall–Kier alpha value is -2.71. The molecule has 2 aliphatic rings. The Bertz CT molecular complexity index is 1250. The molecule has 5 rings (SSSR count). The average Bonchev–Trinajstić information content (AvgIpc) is 2.83. The van der Waals surface area contributed by atoms with Gasteiger partial charge in [-0.15, -0.1) is 0 Å². The quantitative estimate of drug-likeness (QED) is 0.588. The van der Waals surface area contributed by atoms with Gasteiger partial charge in [0.05, 0.1) is 11.8 Å². The molecule has 2 atom stereocenters. The number of halogens is 2. The van der Waals surface area contributed by atoms with Crippen molar-refractivity contribution in [3.05, 3.63) is 63.3 Å². The van der Waals surface area contributed by atoms with Crippen LogP contribution in [0.2, 0.25) is 0 Å². The Morgan fingerprint density at radius 1 is 1.06 bits per heavy atom. The number of aryl methyl sites for hydroxylation is 1. The highest BCUT2D eigenvalue weighted by Gasteiger charge is 2.32. The maximum atomic E-state index is 14.8. The lowest BCUT2D eigenvalue weighted by Crippen LogP contribution is -2.35. The van der Waals surface area contributed by atoms with Gasteiger partial charge in [-0.25, -0.2) is 18.7 Å². The molecular formula is C25H27F2N3O3. The summed E-state index contributed by atoms with van der Waals surface area (Å²) in [6.45, 7) is 5.57. The van der Waals surface area contributed by atoms with Crippen LogP contribution in [-0.2, 0) is 9.47 Å². The second kappa shape index (κ2) is 8.91. The van der Waals surface area contributed by atoms with Crippen LogP contribution in [0.25, 0.3) is 16.9 Å². The van der Waals surface area contributed by atoms with E-state index in [0.29, 0.717) is 29.5 Å². The fourth-order valence-corrected chi connectivity index (χ4v) is 4.93. The van der Waals surface area contributed by atoms with E-state index in [1.54, 1.807) is 20.0 Å². The Kier molecular flexibility index (Phi) is 5.97. The number of hydrogen-bond donors (Lipinski definition) is 0. The zero-order chi connectivity index (χ0) is 23.1. The third-order valence-electron chi connectivity index (χ3n) is 7.01. The molecule has 0 amide bonds. The summed E-state index contributed by atoms with van der Waals surface area (Å²) in [4.78, 5) is 22.5. The minimum Gasteiger partial charge on any atom is -0.381 e. The predicted octanol–water partition coefficient (Wildman–Crippen LogP) is 4.34. The van der Waals surface area contributed by atoms with Crippen molar-refractivity contribution in [1.29, 1.82) is 0 Å². The van der Waals surface area contributed by atoms with Gasteiger partial charge in [-0.1, -0.05) is 0 Å². The molecule has 0 saturated carbocycles. The zero-order valence-corrected chi connectivity index (χ0v) is 18.8. The van der Waals surface area contributed by atoms with Crippen LogP contribution in [0.1, 0.15) is 48.6 Å². The summed E-state index contributed by atoms with van der Waals surface area (Å²) in [5.41, 5.74) is 2.22. The van der Waals surface area contributed by atoms with Gasteiger partial charge in [0.25, 0.3) is 5.56 Å². The van der Waals surface area contributed by atoms with Crippen molar-refractivity contribution in [2.75, 3.05) is 19.8 Å². The first kappa shape index (κ1) is 22.1. The molecule has 2 saturated heterocycles. The summed E-state index contributed by atoms with van der Waals surface area (Å²) in [5.74, 6) is -0.907. The van der Waals surface area contributed by atoms with Gasteiger partial charge in [0.1, 0.15) is 17.3 Å². The van der Waals surface area contributed by atoms with Crippen LogP contribution >= 0.6 is 0 Å². The highest BCUT2D eigenvalue weighted by Crippen LogP contribution is 2.36. The second-order valence-corrected chi connectivity index (χ2v) is 9.04. The van der Waals surface area contributed by atoms with E-state index >= 15 is 0 Å². The average molecular weight is 456 g/mol. The van der Waals surface area contributed by atoms with E-state index in [1.807, 2.05) is 0 Å². The number of rotatable bonds is 3. The number of ether oxygens (including phenoxy) is 2. The number of hydrogen-bond acceptors (Lipinski definition) is 5. The molecule has 0 spiro atoms. The van der Waals surface area contributed by atoms with E-state index in [2.05, 4.69) is 4.98 Å². The van der Waals surface area contributed by atoms with Crippen molar-refractivity contribution in [3.8, 4) is 11.3 Å². The van der Waals surface area contributed by atoms with E-state index in [0.717, 1.165) is 45.0 Å². The maximum absolute atomic E-state index is 14.8. The molecule has 0 radical (unpaired) electrons. The van der Waals surface area contributed by atoms with Crippen molar-refractivity contribution >= 4 is 5.65 Å². The molecule has 0 N–H and O–H groups in total. The summed E-state index contributed by atoms with van der Waals surface area (Å²) >= 11 is 0. The van der Waals surface area contributed by atoms with Crippen LogP contribution in [0.5, 0.6) is 0 Å².